The van der Waals surface area contributed by atoms with Crippen LogP contribution in [-0.4, -0.2) is 15.3 Å². The van der Waals surface area contributed by atoms with Gasteiger partial charge >= 0.3 is 0 Å². The molecule has 4 heteroatoms. The molecule has 1 saturated carbocycles. The van der Waals surface area contributed by atoms with E-state index in [1.54, 1.807) is 0 Å². The van der Waals surface area contributed by atoms with Gasteiger partial charge in [-0.1, -0.05) is 0 Å². The van der Waals surface area contributed by atoms with Crippen molar-refractivity contribution in [3.63, 3.8) is 0 Å². The smallest absolute Gasteiger partial charge is 0.126 e. The Labute approximate surface area is 123 Å². The first-order valence-corrected chi connectivity index (χ1v) is 8.26. The monoisotopic (exact) mass is 283 g/mol. The van der Waals surface area contributed by atoms with E-state index in [2.05, 4.69) is 23.6 Å². The number of imidazole rings is 1. The van der Waals surface area contributed by atoms with E-state index in [0.29, 0.717) is 11.6 Å². The quantitative estimate of drug-likeness (QED) is 0.837. The Bertz CT molecular complexity index is 715. The van der Waals surface area contributed by atoms with Crippen LogP contribution in [0.15, 0.2) is 18.2 Å². The summed E-state index contributed by atoms with van der Waals surface area (Å²) < 4.78 is 2.60. The van der Waals surface area contributed by atoms with Crippen LogP contribution in [-0.2, 0) is 4.75 Å². The Morgan fingerprint density at radius 1 is 1.45 bits per heavy atom. The molecule has 0 amide bonds. The molecular weight excluding hydrogens is 266 g/mol. The summed E-state index contributed by atoms with van der Waals surface area (Å²) in [5.41, 5.74) is 2.89. The maximum absolute atomic E-state index is 9.07. The Hall–Kier alpha value is -1.47. The number of rotatable bonds is 2. The summed E-state index contributed by atoms with van der Waals surface area (Å²) in [4.78, 5) is 4.93. The molecule has 1 aliphatic carbocycles. The fourth-order valence-electron chi connectivity index (χ4n) is 3.20. The number of thioether (sulfide) groups is 1. The van der Waals surface area contributed by atoms with Crippen molar-refractivity contribution in [3.8, 4) is 6.07 Å². The molecule has 0 N–H and O–H groups in total. The molecule has 3 nitrogen and oxygen atoms in total. The van der Waals surface area contributed by atoms with Crippen LogP contribution >= 0.6 is 11.8 Å². The Balaban J connectivity index is 1.95. The highest BCUT2D eigenvalue weighted by atomic mass is 32.2. The lowest BCUT2D eigenvalue weighted by molar-refractivity contribution is 0.560. The Morgan fingerprint density at radius 3 is 2.95 bits per heavy atom. The number of benzene rings is 1. The van der Waals surface area contributed by atoms with Crippen molar-refractivity contribution in [3.05, 3.63) is 29.6 Å². The third-order valence-electron chi connectivity index (χ3n) is 4.42. The van der Waals surface area contributed by atoms with Gasteiger partial charge in [0.2, 0.25) is 0 Å². The van der Waals surface area contributed by atoms with E-state index in [9.17, 15) is 0 Å². The van der Waals surface area contributed by atoms with Gasteiger partial charge in [-0.3, -0.25) is 0 Å². The molecule has 1 saturated heterocycles. The largest absolute Gasteiger partial charge is 0.324 e. The predicted octanol–water partition coefficient (Wildman–Crippen LogP) is 3.99. The molecule has 2 aliphatic rings. The lowest BCUT2D eigenvalue weighted by Crippen LogP contribution is -2.19. The number of fused-ring (bicyclic) bond motifs is 1. The fourth-order valence-corrected chi connectivity index (χ4v) is 4.50. The molecule has 1 aromatic heterocycles. The van der Waals surface area contributed by atoms with Crippen molar-refractivity contribution < 1.29 is 0 Å². The lowest BCUT2D eigenvalue weighted by atomic mass is 10.0. The second kappa shape index (κ2) is 4.26. The molecule has 1 aliphatic heterocycles. The third kappa shape index (κ3) is 1.76. The zero-order chi connectivity index (χ0) is 13.7. The van der Waals surface area contributed by atoms with Crippen LogP contribution < -0.4 is 0 Å². The molecule has 2 aromatic rings. The highest BCUT2D eigenvalue weighted by Gasteiger charge is 2.39. The zero-order valence-electron chi connectivity index (χ0n) is 11.6. The maximum Gasteiger partial charge on any atom is 0.126 e. The van der Waals surface area contributed by atoms with E-state index in [1.807, 2.05) is 23.9 Å². The van der Waals surface area contributed by atoms with Gasteiger partial charge in [0.15, 0.2) is 0 Å². The van der Waals surface area contributed by atoms with E-state index < -0.39 is 0 Å². The van der Waals surface area contributed by atoms with Crippen LogP contribution in [0.25, 0.3) is 11.0 Å². The summed E-state index contributed by atoms with van der Waals surface area (Å²) in [5.74, 6) is 2.46. The standard InChI is InChI=1S/C16H17N3S/c1-16(7-2-8-20-16)15-18-13-9-11(10-17)3-6-14(13)19(15)12-4-5-12/h3,6,9,12H,2,4-5,7-8H2,1H3. The first-order chi connectivity index (χ1) is 9.71. The van der Waals surface area contributed by atoms with Gasteiger partial charge in [-0.2, -0.15) is 5.26 Å². The highest BCUT2D eigenvalue weighted by molar-refractivity contribution is 8.00. The topological polar surface area (TPSA) is 41.6 Å². The summed E-state index contributed by atoms with van der Waals surface area (Å²) in [6.07, 6.45) is 5.01. The van der Waals surface area contributed by atoms with E-state index in [-0.39, 0.29) is 4.75 Å². The Kier molecular flexibility index (Phi) is 2.62. The summed E-state index contributed by atoms with van der Waals surface area (Å²) in [6, 6.07) is 8.76. The average molecular weight is 283 g/mol. The van der Waals surface area contributed by atoms with Crippen LogP contribution in [0.2, 0.25) is 0 Å². The molecule has 4 rings (SSSR count). The molecule has 0 spiro atoms. The van der Waals surface area contributed by atoms with Gasteiger partial charge in [-0.05, 0) is 56.6 Å². The van der Waals surface area contributed by atoms with Crippen molar-refractivity contribution in [2.24, 2.45) is 0 Å². The minimum absolute atomic E-state index is 0.147. The molecule has 0 radical (unpaired) electrons. The number of hydrogen-bond acceptors (Lipinski definition) is 3. The molecule has 2 fully saturated rings. The van der Waals surface area contributed by atoms with Gasteiger partial charge in [0, 0.05) is 6.04 Å². The molecule has 20 heavy (non-hydrogen) atoms. The number of aromatic nitrogens is 2. The van der Waals surface area contributed by atoms with Crippen molar-refractivity contribution >= 4 is 22.8 Å². The molecule has 102 valence electrons. The molecule has 1 atom stereocenters. The van der Waals surface area contributed by atoms with Gasteiger partial charge in [-0.25, -0.2) is 4.98 Å². The summed E-state index contributed by atoms with van der Waals surface area (Å²) in [5, 5.41) is 9.07. The zero-order valence-corrected chi connectivity index (χ0v) is 12.4. The third-order valence-corrected chi connectivity index (χ3v) is 5.94. The average Bonchev–Trinajstić information content (AvgIpc) is 3.08. The SMILES string of the molecule is CC1(c2nc3cc(C#N)ccc3n2C2CC2)CCCS1. The van der Waals surface area contributed by atoms with E-state index >= 15 is 0 Å². The van der Waals surface area contributed by atoms with Crippen LogP contribution in [0.1, 0.15) is 50.0 Å². The summed E-state index contributed by atoms with van der Waals surface area (Å²) in [6.45, 7) is 2.33. The van der Waals surface area contributed by atoms with Gasteiger partial charge in [0.25, 0.3) is 0 Å². The lowest BCUT2D eigenvalue weighted by Gasteiger charge is -2.23. The van der Waals surface area contributed by atoms with Gasteiger partial charge in [0.05, 0.1) is 27.4 Å². The van der Waals surface area contributed by atoms with E-state index in [4.69, 9.17) is 10.2 Å². The van der Waals surface area contributed by atoms with Crippen LogP contribution in [0, 0.1) is 11.3 Å². The van der Waals surface area contributed by atoms with Gasteiger partial charge < -0.3 is 4.57 Å². The Morgan fingerprint density at radius 2 is 2.30 bits per heavy atom. The molecular formula is C16H17N3S. The molecule has 2 heterocycles. The second-order valence-electron chi connectivity index (χ2n) is 6.03. The minimum Gasteiger partial charge on any atom is -0.324 e. The number of hydrogen-bond donors (Lipinski definition) is 0. The molecule has 1 aromatic carbocycles. The van der Waals surface area contributed by atoms with Crippen molar-refractivity contribution in [1.29, 1.82) is 5.26 Å². The fraction of sp³-hybridized carbons (Fsp3) is 0.500. The van der Waals surface area contributed by atoms with Crippen molar-refractivity contribution in [2.75, 3.05) is 5.75 Å². The summed E-state index contributed by atoms with van der Waals surface area (Å²) >= 11 is 2.03. The number of nitrogens with zero attached hydrogens (tertiary/aromatic N) is 3. The second-order valence-corrected chi connectivity index (χ2v) is 7.63. The van der Waals surface area contributed by atoms with E-state index in [0.717, 1.165) is 5.52 Å². The van der Waals surface area contributed by atoms with Gasteiger partial charge in [-0.15, -0.1) is 11.8 Å². The first kappa shape index (κ1) is 12.3. The highest BCUT2D eigenvalue weighted by Crippen LogP contribution is 2.49. The number of nitriles is 1. The van der Waals surface area contributed by atoms with Crippen LogP contribution in [0.3, 0.4) is 0 Å². The molecule has 0 bridgehead atoms. The van der Waals surface area contributed by atoms with E-state index in [1.165, 1.54) is 42.8 Å². The minimum atomic E-state index is 0.147. The maximum atomic E-state index is 9.07. The van der Waals surface area contributed by atoms with Crippen LogP contribution in [0.4, 0.5) is 0 Å². The van der Waals surface area contributed by atoms with Crippen LogP contribution in [0.5, 0.6) is 0 Å². The predicted molar refractivity (Wildman–Crippen MR) is 81.8 cm³/mol. The first-order valence-electron chi connectivity index (χ1n) is 7.28. The molecule has 1 unspecified atom stereocenters. The van der Waals surface area contributed by atoms with Gasteiger partial charge in [0.1, 0.15) is 5.82 Å². The summed E-state index contributed by atoms with van der Waals surface area (Å²) in [7, 11) is 0. The normalized spacial score (nSPS) is 26.0. The van der Waals surface area contributed by atoms with Crippen molar-refractivity contribution in [2.45, 2.75) is 43.4 Å². The van der Waals surface area contributed by atoms with Crippen molar-refractivity contribution in [1.82, 2.24) is 9.55 Å².